The molecule has 6 rings (SSSR count). The minimum atomic E-state index is -0.766. The Balaban J connectivity index is 1.21. The Labute approximate surface area is 226 Å². The van der Waals surface area contributed by atoms with Gasteiger partial charge in [0.15, 0.2) is 0 Å². The highest BCUT2D eigenvalue weighted by Gasteiger charge is 2.44. The highest BCUT2D eigenvalue weighted by molar-refractivity contribution is 6.30. The zero-order valence-electron chi connectivity index (χ0n) is 21.1. The summed E-state index contributed by atoms with van der Waals surface area (Å²) in [6, 6.07) is 9.07. The van der Waals surface area contributed by atoms with E-state index in [4.69, 9.17) is 11.6 Å². The van der Waals surface area contributed by atoms with Crippen molar-refractivity contribution >= 4 is 35.0 Å². The number of fused-ring (bicyclic) bond motifs is 2. The standard InChI is InChI=1S/C28H31ClFN5O3/c29-21-5-3-18(15-22(21)30)17-4-6-23-20(14-17)27(37)35-13-12-33(16-25(35)26(36)32-23)28(38)24-2-1-11-34(24)19-7-9-31-10-8-19/h3-6,14-15,19,24-25,31H,1-2,7-13,16H2,(H,32,36)/t24-,25+/m0/s1. The normalized spacial score (nSPS) is 24.6. The Bertz CT molecular complexity index is 1280. The third-order valence-corrected chi connectivity index (χ3v) is 8.68. The number of benzene rings is 2. The molecule has 2 aromatic rings. The Morgan fingerprint density at radius 1 is 0.974 bits per heavy atom. The van der Waals surface area contributed by atoms with Gasteiger partial charge in [-0.3, -0.25) is 19.3 Å². The second-order valence-electron chi connectivity index (χ2n) is 10.6. The third-order valence-electron chi connectivity index (χ3n) is 8.37. The van der Waals surface area contributed by atoms with Crippen LogP contribution in [0.2, 0.25) is 5.02 Å². The van der Waals surface area contributed by atoms with Gasteiger partial charge in [0.1, 0.15) is 11.9 Å². The van der Waals surface area contributed by atoms with Crippen LogP contribution < -0.4 is 10.6 Å². The zero-order chi connectivity index (χ0) is 26.4. The van der Waals surface area contributed by atoms with Gasteiger partial charge < -0.3 is 20.4 Å². The molecule has 0 saturated carbocycles. The second-order valence-corrected chi connectivity index (χ2v) is 11.0. The molecule has 4 heterocycles. The lowest BCUT2D eigenvalue weighted by atomic mass is 10.0. The van der Waals surface area contributed by atoms with Crippen molar-refractivity contribution < 1.29 is 18.8 Å². The number of carbonyl (C=O) groups is 3. The fraction of sp³-hybridized carbons (Fsp3) is 0.464. The molecule has 2 atom stereocenters. The molecule has 4 aliphatic heterocycles. The first-order valence-electron chi connectivity index (χ1n) is 13.4. The van der Waals surface area contributed by atoms with Crippen LogP contribution in [-0.4, -0.2) is 89.8 Å². The quantitative estimate of drug-likeness (QED) is 0.626. The van der Waals surface area contributed by atoms with E-state index in [1.165, 1.54) is 12.1 Å². The van der Waals surface area contributed by atoms with E-state index >= 15 is 0 Å². The summed E-state index contributed by atoms with van der Waals surface area (Å²) >= 11 is 5.83. The maximum Gasteiger partial charge on any atom is 0.256 e. The summed E-state index contributed by atoms with van der Waals surface area (Å²) in [5, 5.41) is 6.31. The average Bonchev–Trinajstić information content (AvgIpc) is 3.41. The Morgan fingerprint density at radius 2 is 1.74 bits per heavy atom. The SMILES string of the molecule is O=C1Nc2ccc(-c3ccc(Cl)c(F)c3)cc2C(=O)N2CCN(C(=O)[C@@H]3CCCN3C3CCNCC3)C[C@H]12. The number of rotatable bonds is 3. The van der Waals surface area contributed by atoms with Crippen LogP contribution in [0.1, 0.15) is 36.0 Å². The van der Waals surface area contributed by atoms with Gasteiger partial charge in [0.2, 0.25) is 11.8 Å². The highest BCUT2D eigenvalue weighted by Crippen LogP contribution is 2.32. The van der Waals surface area contributed by atoms with Crippen molar-refractivity contribution in [3.05, 3.63) is 52.8 Å². The second kappa shape index (κ2) is 10.3. The van der Waals surface area contributed by atoms with Crippen molar-refractivity contribution in [2.75, 3.05) is 44.6 Å². The number of carbonyl (C=O) groups excluding carboxylic acids is 3. The van der Waals surface area contributed by atoms with Crippen LogP contribution in [0.5, 0.6) is 0 Å². The van der Waals surface area contributed by atoms with Gasteiger partial charge in [0.25, 0.3) is 5.91 Å². The van der Waals surface area contributed by atoms with Crippen molar-refractivity contribution in [1.29, 1.82) is 0 Å². The monoisotopic (exact) mass is 539 g/mol. The minimum Gasteiger partial charge on any atom is -0.337 e. The number of hydrogen-bond donors (Lipinski definition) is 2. The summed E-state index contributed by atoms with van der Waals surface area (Å²) in [6.45, 7) is 3.72. The summed E-state index contributed by atoms with van der Waals surface area (Å²) in [4.78, 5) is 46.3. The van der Waals surface area contributed by atoms with Gasteiger partial charge in [-0.05, 0) is 80.7 Å². The number of piperidine rings is 1. The van der Waals surface area contributed by atoms with Crippen LogP contribution in [0.3, 0.4) is 0 Å². The lowest BCUT2D eigenvalue weighted by Crippen LogP contribution is -2.62. The van der Waals surface area contributed by atoms with E-state index in [1.54, 1.807) is 34.1 Å². The molecule has 0 aliphatic carbocycles. The zero-order valence-corrected chi connectivity index (χ0v) is 21.8. The van der Waals surface area contributed by atoms with E-state index in [0.717, 1.165) is 45.3 Å². The van der Waals surface area contributed by atoms with Gasteiger partial charge in [-0.1, -0.05) is 23.7 Å². The van der Waals surface area contributed by atoms with Gasteiger partial charge in [0, 0.05) is 19.1 Å². The fourth-order valence-corrected chi connectivity index (χ4v) is 6.46. The van der Waals surface area contributed by atoms with E-state index < -0.39 is 11.9 Å². The molecule has 3 amide bonds. The van der Waals surface area contributed by atoms with Gasteiger partial charge in [-0.25, -0.2) is 4.39 Å². The van der Waals surface area contributed by atoms with Gasteiger partial charge in [0.05, 0.1) is 28.9 Å². The Kier molecular flexibility index (Phi) is 6.84. The van der Waals surface area contributed by atoms with Crippen molar-refractivity contribution in [1.82, 2.24) is 20.0 Å². The lowest BCUT2D eigenvalue weighted by Gasteiger charge is -2.42. The molecule has 10 heteroatoms. The average molecular weight is 540 g/mol. The largest absolute Gasteiger partial charge is 0.337 e. The fourth-order valence-electron chi connectivity index (χ4n) is 6.35. The van der Waals surface area contributed by atoms with Crippen LogP contribution in [-0.2, 0) is 9.59 Å². The van der Waals surface area contributed by atoms with E-state index in [9.17, 15) is 18.8 Å². The van der Waals surface area contributed by atoms with Crippen LogP contribution in [0, 0.1) is 5.82 Å². The molecule has 3 saturated heterocycles. The molecule has 0 aromatic heterocycles. The number of halogens is 2. The predicted molar refractivity (Wildman–Crippen MR) is 142 cm³/mol. The van der Waals surface area contributed by atoms with Crippen molar-refractivity contribution in [3.63, 3.8) is 0 Å². The molecule has 0 unspecified atom stereocenters. The van der Waals surface area contributed by atoms with Crippen molar-refractivity contribution in [2.24, 2.45) is 0 Å². The Morgan fingerprint density at radius 3 is 2.53 bits per heavy atom. The molecule has 0 bridgehead atoms. The third kappa shape index (κ3) is 4.57. The smallest absolute Gasteiger partial charge is 0.256 e. The molecule has 0 spiro atoms. The van der Waals surface area contributed by atoms with Crippen molar-refractivity contribution in [3.8, 4) is 11.1 Å². The topological polar surface area (TPSA) is 85.0 Å². The van der Waals surface area contributed by atoms with E-state index in [1.807, 2.05) is 0 Å². The predicted octanol–water partition coefficient (Wildman–Crippen LogP) is 2.97. The number of nitrogens with zero attached hydrogens (tertiary/aromatic N) is 3. The molecule has 38 heavy (non-hydrogen) atoms. The molecule has 2 N–H and O–H groups in total. The Hall–Kier alpha value is -3.01. The number of hydrogen-bond acceptors (Lipinski definition) is 5. The first-order valence-corrected chi connectivity index (χ1v) is 13.7. The summed E-state index contributed by atoms with van der Waals surface area (Å²) in [5.41, 5.74) is 1.99. The molecule has 200 valence electrons. The number of nitrogens with one attached hydrogen (secondary N) is 2. The first-order chi connectivity index (χ1) is 18.4. The molecule has 8 nitrogen and oxygen atoms in total. The number of anilines is 1. The van der Waals surface area contributed by atoms with E-state index in [-0.39, 0.29) is 41.9 Å². The van der Waals surface area contributed by atoms with Gasteiger partial charge >= 0.3 is 0 Å². The number of likely N-dealkylation sites (tertiary alicyclic amines) is 1. The number of amides is 3. The lowest BCUT2D eigenvalue weighted by molar-refractivity contribution is -0.140. The van der Waals surface area contributed by atoms with Gasteiger partial charge in [-0.15, -0.1) is 0 Å². The summed E-state index contributed by atoms with van der Waals surface area (Å²) in [6.07, 6.45) is 3.91. The number of piperazine rings is 1. The summed E-state index contributed by atoms with van der Waals surface area (Å²) in [5.74, 6) is -1.05. The van der Waals surface area contributed by atoms with Crippen LogP contribution in [0.15, 0.2) is 36.4 Å². The summed E-state index contributed by atoms with van der Waals surface area (Å²) in [7, 11) is 0. The molecule has 2 aromatic carbocycles. The maximum absolute atomic E-state index is 14.1. The highest BCUT2D eigenvalue weighted by atomic mass is 35.5. The van der Waals surface area contributed by atoms with Crippen molar-refractivity contribution in [2.45, 2.75) is 43.8 Å². The van der Waals surface area contributed by atoms with Gasteiger partial charge in [-0.2, -0.15) is 0 Å². The minimum absolute atomic E-state index is 0.0265. The molecular formula is C28H31ClFN5O3. The first kappa shape index (κ1) is 25.3. The maximum atomic E-state index is 14.1. The van der Waals surface area contributed by atoms with E-state index in [0.29, 0.717) is 35.0 Å². The molecular weight excluding hydrogens is 509 g/mol. The molecule has 4 aliphatic rings. The summed E-state index contributed by atoms with van der Waals surface area (Å²) < 4.78 is 14.1. The van der Waals surface area contributed by atoms with Crippen LogP contribution in [0.25, 0.3) is 11.1 Å². The van der Waals surface area contributed by atoms with Crippen LogP contribution in [0.4, 0.5) is 10.1 Å². The van der Waals surface area contributed by atoms with Crippen LogP contribution >= 0.6 is 11.6 Å². The molecule has 0 radical (unpaired) electrons. The molecule has 3 fully saturated rings. The van der Waals surface area contributed by atoms with E-state index in [2.05, 4.69) is 15.5 Å².